The Morgan fingerprint density at radius 2 is 1.87 bits per heavy atom. The summed E-state index contributed by atoms with van der Waals surface area (Å²) in [4.78, 5) is 14.3. The third kappa shape index (κ3) is 4.66. The Hall–Kier alpha value is -4.42. The van der Waals surface area contributed by atoms with Gasteiger partial charge in [0.2, 0.25) is 5.95 Å². The molecule has 0 spiro atoms. The zero-order valence-electron chi connectivity index (χ0n) is 20.3. The Morgan fingerprint density at radius 1 is 1.11 bits per heavy atom. The minimum atomic E-state index is -4.90. The fourth-order valence-electron chi connectivity index (χ4n) is 4.24. The van der Waals surface area contributed by atoms with Crippen molar-refractivity contribution >= 4 is 17.5 Å². The molecule has 0 saturated heterocycles. The van der Waals surface area contributed by atoms with Gasteiger partial charge in [-0.2, -0.15) is 18.2 Å². The van der Waals surface area contributed by atoms with Crippen LogP contribution in [0.4, 0.5) is 39.4 Å². The summed E-state index contributed by atoms with van der Waals surface area (Å²) in [5.74, 6) is -1.89. The van der Waals surface area contributed by atoms with Gasteiger partial charge in [0.05, 0.1) is 42.6 Å². The number of alkyl halides is 3. The molecule has 0 aliphatic carbocycles. The van der Waals surface area contributed by atoms with Gasteiger partial charge in [-0.15, -0.1) is 0 Å². The smallest absolute Gasteiger partial charge is 0.416 e. The molecule has 1 aliphatic rings. The maximum Gasteiger partial charge on any atom is 0.416 e. The van der Waals surface area contributed by atoms with E-state index in [-0.39, 0.29) is 30.2 Å². The molecular formula is C25H21F5N6O2. The number of imidazole rings is 1. The van der Waals surface area contributed by atoms with Crippen LogP contribution in [0.2, 0.25) is 0 Å². The van der Waals surface area contributed by atoms with Crippen molar-refractivity contribution in [2.75, 3.05) is 31.0 Å². The minimum Gasteiger partial charge on any atom is -0.494 e. The van der Waals surface area contributed by atoms with Crippen molar-refractivity contribution in [3.63, 3.8) is 0 Å². The lowest BCUT2D eigenvalue weighted by atomic mass is 9.98. The summed E-state index contributed by atoms with van der Waals surface area (Å²) >= 11 is 0. The van der Waals surface area contributed by atoms with E-state index in [1.807, 2.05) is 23.8 Å². The Morgan fingerprint density at radius 3 is 2.55 bits per heavy atom. The summed E-state index contributed by atoms with van der Waals surface area (Å²) < 4.78 is 81.5. The highest BCUT2D eigenvalue weighted by molar-refractivity contribution is 5.64. The number of hydrogen-bond donors (Lipinski definition) is 1. The van der Waals surface area contributed by atoms with Crippen molar-refractivity contribution in [3.05, 3.63) is 77.5 Å². The fourth-order valence-corrected chi connectivity index (χ4v) is 4.24. The van der Waals surface area contributed by atoms with Crippen LogP contribution in [0.25, 0.3) is 5.69 Å². The second-order valence-electron chi connectivity index (χ2n) is 8.60. The van der Waals surface area contributed by atoms with Gasteiger partial charge in [-0.3, -0.25) is 0 Å². The molecule has 38 heavy (non-hydrogen) atoms. The Kier molecular flexibility index (Phi) is 6.29. The number of ether oxygens (including phenoxy) is 2. The molecular weight excluding hydrogens is 511 g/mol. The van der Waals surface area contributed by atoms with Crippen molar-refractivity contribution in [1.29, 1.82) is 0 Å². The zero-order chi connectivity index (χ0) is 27.2. The molecule has 1 aliphatic heterocycles. The Labute approximate surface area is 213 Å². The fraction of sp³-hybridized carbons (Fsp3) is 0.240. The summed E-state index contributed by atoms with van der Waals surface area (Å²) in [6, 6.07) is 4.93. The number of methoxy groups -OCH3 is 1. The largest absolute Gasteiger partial charge is 0.494 e. The number of rotatable bonds is 5. The van der Waals surface area contributed by atoms with Crippen LogP contribution in [0.15, 0.2) is 49.1 Å². The van der Waals surface area contributed by atoms with Gasteiger partial charge in [0.25, 0.3) is 0 Å². The number of aromatic nitrogens is 4. The standard InChI is InChI=1S/C25H21F5N6O2/c1-13-10-36(12-32-13)19-5-4-14(6-21(19)37-3)33-24-31-9-22-23(34-24)35(2)20(11-38-22)15-7-17(26)18(27)8-16(15)25(28,29)30/h4-10,12,20H,11H2,1-3H3,(H,31,33,34). The van der Waals surface area contributed by atoms with E-state index >= 15 is 0 Å². The Balaban J connectivity index is 1.45. The quantitative estimate of drug-likeness (QED) is 0.336. The van der Waals surface area contributed by atoms with E-state index in [9.17, 15) is 22.0 Å². The number of aryl methyl sites for hydroxylation is 1. The van der Waals surface area contributed by atoms with Gasteiger partial charge in [-0.1, -0.05) is 0 Å². The van der Waals surface area contributed by atoms with E-state index < -0.39 is 35.0 Å². The summed E-state index contributed by atoms with van der Waals surface area (Å²) in [6.07, 6.45) is -0.00547. The van der Waals surface area contributed by atoms with E-state index in [1.54, 1.807) is 18.5 Å². The molecule has 1 unspecified atom stereocenters. The number of nitrogens with zero attached hydrogens (tertiary/aromatic N) is 5. The molecule has 0 amide bonds. The monoisotopic (exact) mass is 532 g/mol. The first-order valence-electron chi connectivity index (χ1n) is 11.3. The van der Waals surface area contributed by atoms with E-state index in [0.29, 0.717) is 17.5 Å². The highest BCUT2D eigenvalue weighted by Gasteiger charge is 2.39. The molecule has 0 radical (unpaired) electrons. The molecule has 4 aromatic rings. The minimum absolute atomic E-state index is 0.134. The van der Waals surface area contributed by atoms with Gasteiger partial charge >= 0.3 is 6.18 Å². The van der Waals surface area contributed by atoms with Crippen molar-refractivity contribution in [3.8, 4) is 17.2 Å². The third-order valence-corrected chi connectivity index (χ3v) is 6.12. The molecule has 0 bridgehead atoms. The van der Waals surface area contributed by atoms with Gasteiger partial charge in [0.15, 0.2) is 23.2 Å². The highest BCUT2D eigenvalue weighted by atomic mass is 19.4. The van der Waals surface area contributed by atoms with Crippen LogP contribution in [-0.4, -0.2) is 40.3 Å². The number of likely N-dealkylation sites (N-methyl/N-ethyl adjacent to an activating group) is 1. The molecule has 0 fully saturated rings. The van der Waals surface area contributed by atoms with Crippen LogP contribution < -0.4 is 19.7 Å². The van der Waals surface area contributed by atoms with Crippen LogP contribution in [0, 0.1) is 18.6 Å². The molecule has 5 rings (SSSR count). The van der Waals surface area contributed by atoms with Crippen LogP contribution >= 0.6 is 0 Å². The van der Waals surface area contributed by atoms with Crippen LogP contribution in [0.1, 0.15) is 22.9 Å². The van der Waals surface area contributed by atoms with Crippen molar-refractivity contribution in [2.24, 2.45) is 0 Å². The molecule has 13 heteroatoms. The van der Waals surface area contributed by atoms with E-state index in [2.05, 4.69) is 20.3 Å². The summed E-state index contributed by atoms with van der Waals surface area (Å²) in [7, 11) is 3.02. The number of anilines is 3. The highest BCUT2D eigenvalue weighted by Crippen LogP contribution is 2.42. The molecule has 1 N–H and O–H groups in total. The van der Waals surface area contributed by atoms with Gasteiger partial charge in [0, 0.05) is 25.0 Å². The van der Waals surface area contributed by atoms with Gasteiger partial charge in [-0.25, -0.2) is 18.7 Å². The number of fused-ring (bicyclic) bond motifs is 1. The average Bonchev–Trinajstić information content (AvgIpc) is 3.31. The third-order valence-electron chi connectivity index (χ3n) is 6.12. The maximum atomic E-state index is 14.0. The molecule has 3 heterocycles. The molecule has 0 saturated carbocycles. The molecule has 2 aromatic heterocycles. The molecule has 8 nitrogen and oxygen atoms in total. The number of benzene rings is 2. The number of halogens is 5. The van der Waals surface area contributed by atoms with Crippen molar-refractivity contribution in [2.45, 2.75) is 19.1 Å². The lowest BCUT2D eigenvalue weighted by Gasteiger charge is -2.36. The van der Waals surface area contributed by atoms with Crippen molar-refractivity contribution in [1.82, 2.24) is 19.5 Å². The summed E-state index contributed by atoms with van der Waals surface area (Å²) in [6.45, 7) is 1.62. The SMILES string of the molecule is COc1cc(Nc2ncc3c(n2)N(C)C(c2cc(F)c(F)cc2C(F)(F)F)CO3)ccc1-n1cnc(C)c1. The topological polar surface area (TPSA) is 77.3 Å². The Bertz CT molecular complexity index is 1510. The van der Waals surface area contributed by atoms with Gasteiger partial charge in [0.1, 0.15) is 12.4 Å². The van der Waals surface area contributed by atoms with Crippen LogP contribution in [0.5, 0.6) is 11.5 Å². The van der Waals surface area contributed by atoms with Gasteiger partial charge in [-0.05, 0) is 36.8 Å². The first kappa shape index (κ1) is 25.2. The molecule has 198 valence electrons. The van der Waals surface area contributed by atoms with Crippen LogP contribution in [0.3, 0.4) is 0 Å². The second-order valence-corrected chi connectivity index (χ2v) is 8.60. The lowest BCUT2D eigenvalue weighted by molar-refractivity contribution is -0.138. The first-order valence-corrected chi connectivity index (χ1v) is 11.3. The van der Waals surface area contributed by atoms with Crippen molar-refractivity contribution < 1.29 is 31.4 Å². The predicted octanol–water partition coefficient (Wildman–Crippen LogP) is 5.59. The van der Waals surface area contributed by atoms with E-state index in [0.717, 1.165) is 11.4 Å². The zero-order valence-corrected chi connectivity index (χ0v) is 20.3. The molecule has 2 aromatic carbocycles. The number of hydrogen-bond acceptors (Lipinski definition) is 7. The molecule has 1 atom stereocenters. The second kappa shape index (κ2) is 9.47. The summed E-state index contributed by atoms with van der Waals surface area (Å²) in [5.41, 5.74) is 0.430. The van der Waals surface area contributed by atoms with Gasteiger partial charge < -0.3 is 24.3 Å². The lowest BCUT2D eigenvalue weighted by Crippen LogP contribution is -2.36. The first-order chi connectivity index (χ1) is 18.0. The summed E-state index contributed by atoms with van der Waals surface area (Å²) in [5, 5.41) is 3.04. The van der Waals surface area contributed by atoms with Crippen LogP contribution in [-0.2, 0) is 6.18 Å². The average molecular weight is 532 g/mol. The van der Waals surface area contributed by atoms with E-state index in [4.69, 9.17) is 9.47 Å². The normalized spacial score (nSPS) is 15.2. The predicted molar refractivity (Wildman–Crippen MR) is 128 cm³/mol. The maximum absolute atomic E-state index is 14.0. The number of nitrogens with one attached hydrogen (secondary N) is 1. The van der Waals surface area contributed by atoms with E-state index in [1.165, 1.54) is 25.3 Å².